The van der Waals surface area contributed by atoms with E-state index >= 15 is 0 Å². The average molecular weight is 275 g/mol. The Hall–Kier alpha value is -1.86. The number of aromatic nitrogens is 3. The van der Waals surface area contributed by atoms with Crippen LogP contribution in [0.25, 0.3) is 0 Å². The normalized spacial score (nSPS) is 10.9. The van der Waals surface area contributed by atoms with Crippen LogP contribution >= 0.6 is 0 Å². The van der Waals surface area contributed by atoms with E-state index in [0.29, 0.717) is 17.0 Å². The van der Waals surface area contributed by atoms with E-state index in [-0.39, 0.29) is 12.6 Å². The molecule has 1 heterocycles. The van der Waals surface area contributed by atoms with E-state index in [0.717, 1.165) is 5.56 Å². The van der Waals surface area contributed by atoms with Crippen LogP contribution in [0.4, 0.5) is 0 Å². The van der Waals surface area contributed by atoms with E-state index in [2.05, 4.69) is 10.1 Å². The highest BCUT2D eigenvalue weighted by atomic mass is 16.5. The minimum atomic E-state index is -1.56. The summed E-state index contributed by atoms with van der Waals surface area (Å²) in [6.45, 7) is 6.12. The van der Waals surface area contributed by atoms with Gasteiger partial charge in [0.05, 0.1) is 0 Å². The summed E-state index contributed by atoms with van der Waals surface area (Å²) < 4.78 is 7.41. The maximum absolute atomic E-state index is 9.37. The molecular weight excluding hydrogens is 257 g/mol. The lowest BCUT2D eigenvalue weighted by atomic mass is 9.79. The van der Waals surface area contributed by atoms with Crippen LogP contribution < -0.4 is 10.2 Å². The first-order valence-electron chi connectivity index (χ1n) is 6.47. The molecule has 2 N–H and O–H groups in total. The third kappa shape index (κ3) is 3.18. The fraction of sp³-hybridized carbons (Fsp3) is 0.385. The lowest BCUT2D eigenvalue weighted by Gasteiger charge is -2.13. The van der Waals surface area contributed by atoms with Gasteiger partial charge in [-0.3, -0.25) is 0 Å². The predicted molar refractivity (Wildman–Crippen MR) is 75.7 cm³/mol. The molecule has 0 aliphatic heterocycles. The molecule has 0 amide bonds. The topological polar surface area (TPSA) is 80.4 Å². The second-order valence-electron chi connectivity index (χ2n) is 4.92. The second-order valence-corrected chi connectivity index (χ2v) is 4.92. The molecule has 0 atom stereocenters. The Labute approximate surface area is 118 Å². The van der Waals surface area contributed by atoms with Gasteiger partial charge in [-0.2, -0.15) is 5.10 Å². The maximum Gasteiger partial charge on any atom is 0.492 e. The van der Waals surface area contributed by atoms with Gasteiger partial charge < -0.3 is 14.8 Å². The minimum Gasteiger partial charge on any atom is -0.486 e. The Morgan fingerprint density at radius 1 is 1.35 bits per heavy atom. The predicted octanol–water partition coefficient (Wildman–Crippen LogP) is 0.426. The van der Waals surface area contributed by atoms with E-state index in [1.807, 2.05) is 26.8 Å². The fourth-order valence-electron chi connectivity index (χ4n) is 1.95. The van der Waals surface area contributed by atoms with E-state index in [9.17, 15) is 10.0 Å². The first-order valence-corrected chi connectivity index (χ1v) is 6.47. The van der Waals surface area contributed by atoms with Crippen LogP contribution in [0.2, 0.25) is 0 Å². The van der Waals surface area contributed by atoms with Gasteiger partial charge >= 0.3 is 7.12 Å². The summed E-state index contributed by atoms with van der Waals surface area (Å²) in [6.07, 6.45) is 1.48. The first kappa shape index (κ1) is 14.6. The molecule has 0 aliphatic carbocycles. The number of hydrogen-bond donors (Lipinski definition) is 2. The number of hydrogen-bond acceptors (Lipinski definition) is 5. The smallest absolute Gasteiger partial charge is 0.486 e. The van der Waals surface area contributed by atoms with Crippen molar-refractivity contribution < 1.29 is 14.8 Å². The van der Waals surface area contributed by atoms with Crippen molar-refractivity contribution in [1.82, 2.24) is 14.8 Å². The van der Waals surface area contributed by atoms with E-state index in [4.69, 9.17) is 4.74 Å². The molecule has 6 nitrogen and oxygen atoms in total. The average Bonchev–Trinajstić information content (AvgIpc) is 2.85. The number of benzene rings is 1. The van der Waals surface area contributed by atoms with Gasteiger partial charge in [0, 0.05) is 11.5 Å². The molecule has 0 saturated heterocycles. The monoisotopic (exact) mass is 275 g/mol. The van der Waals surface area contributed by atoms with Crippen molar-refractivity contribution >= 4 is 12.6 Å². The van der Waals surface area contributed by atoms with Crippen molar-refractivity contribution in [1.29, 1.82) is 0 Å². The Morgan fingerprint density at radius 2 is 2.10 bits per heavy atom. The summed E-state index contributed by atoms with van der Waals surface area (Å²) in [6, 6.07) is 5.46. The lowest BCUT2D eigenvalue weighted by Crippen LogP contribution is -2.31. The standard InChI is InChI=1S/C13H18BN3O3/c1-9(2)17-13(15-8-16-17)7-20-12-5-4-10(3)6-11(12)14(18)19/h4-6,8-9,18-19H,7H2,1-3H3. The zero-order chi connectivity index (χ0) is 14.7. The Kier molecular flexibility index (Phi) is 4.41. The van der Waals surface area contributed by atoms with Gasteiger partial charge in [0.2, 0.25) is 0 Å². The summed E-state index contributed by atoms with van der Waals surface area (Å²) in [5.41, 5.74) is 1.28. The quantitative estimate of drug-likeness (QED) is 0.773. The van der Waals surface area contributed by atoms with E-state index < -0.39 is 7.12 Å². The molecule has 106 valence electrons. The fourth-order valence-corrected chi connectivity index (χ4v) is 1.95. The van der Waals surface area contributed by atoms with Crippen LogP contribution in [0.1, 0.15) is 31.3 Å². The Morgan fingerprint density at radius 3 is 2.75 bits per heavy atom. The second kappa shape index (κ2) is 6.07. The van der Waals surface area contributed by atoms with Crippen molar-refractivity contribution in [2.24, 2.45) is 0 Å². The molecule has 2 aromatic rings. The van der Waals surface area contributed by atoms with Crippen molar-refractivity contribution in [3.8, 4) is 5.75 Å². The highest BCUT2D eigenvalue weighted by Crippen LogP contribution is 2.13. The summed E-state index contributed by atoms with van der Waals surface area (Å²) in [5.74, 6) is 1.13. The SMILES string of the molecule is Cc1ccc(OCc2ncnn2C(C)C)c(B(O)O)c1. The molecule has 0 unspecified atom stereocenters. The molecule has 0 spiro atoms. The maximum atomic E-state index is 9.37. The van der Waals surface area contributed by atoms with Crippen molar-refractivity contribution in [2.75, 3.05) is 0 Å². The first-order chi connectivity index (χ1) is 9.49. The number of aryl methyl sites for hydroxylation is 1. The van der Waals surface area contributed by atoms with Crippen LogP contribution in [0.5, 0.6) is 5.75 Å². The van der Waals surface area contributed by atoms with Crippen molar-refractivity contribution in [2.45, 2.75) is 33.4 Å². The summed E-state index contributed by atoms with van der Waals surface area (Å²) in [7, 11) is -1.56. The van der Waals surface area contributed by atoms with Gasteiger partial charge in [0.15, 0.2) is 5.82 Å². The summed E-state index contributed by atoms with van der Waals surface area (Å²) in [5, 5.41) is 22.9. The molecular formula is C13H18BN3O3. The molecule has 0 aliphatic rings. The minimum absolute atomic E-state index is 0.192. The van der Waals surface area contributed by atoms with Gasteiger partial charge in [0.25, 0.3) is 0 Å². The van der Waals surface area contributed by atoms with Crippen molar-refractivity contribution in [3.63, 3.8) is 0 Å². The van der Waals surface area contributed by atoms with Crippen LogP contribution in [-0.2, 0) is 6.61 Å². The summed E-state index contributed by atoms with van der Waals surface area (Å²) in [4.78, 5) is 4.15. The zero-order valence-electron chi connectivity index (χ0n) is 11.8. The Bertz CT molecular complexity index is 584. The molecule has 1 aromatic heterocycles. The molecule has 0 saturated carbocycles. The molecule has 1 aromatic carbocycles. The number of rotatable bonds is 5. The van der Waals surface area contributed by atoms with Gasteiger partial charge in [-0.05, 0) is 26.8 Å². The molecule has 0 radical (unpaired) electrons. The summed E-state index contributed by atoms with van der Waals surface area (Å²) >= 11 is 0. The van der Waals surface area contributed by atoms with Crippen LogP contribution in [0.15, 0.2) is 24.5 Å². The zero-order valence-corrected chi connectivity index (χ0v) is 11.8. The third-order valence-electron chi connectivity index (χ3n) is 2.94. The lowest BCUT2D eigenvalue weighted by molar-refractivity contribution is 0.283. The highest BCUT2D eigenvalue weighted by molar-refractivity contribution is 6.59. The van der Waals surface area contributed by atoms with Crippen LogP contribution in [0, 0.1) is 6.92 Å². The van der Waals surface area contributed by atoms with Gasteiger partial charge in [0.1, 0.15) is 18.7 Å². The van der Waals surface area contributed by atoms with Gasteiger partial charge in [-0.1, -0.05) is 17.7 Å². The van der Waals surface area contributed by atoms with E-state index in [1.165, 1.54) is 6.33 Å². The van der Waals surface area contributed by atoms with Crippen LogP contribution in [-0.4, -0.2) is 31.9 Å². The number of ether oxygens (including phenoxy) is 1. The van der Waals surface area contributed by atoms with Crippen molar-refractivity contribution in [3.05, 3.63) is 35.9 Å². The van der Waals surface area contributed by atoms with Crippen LogP contribution in [0.3, 0.4) is 0 Å². The Balaban J connectivity index is 2.17. The van der Waals surface area contributed by atoms with Gasteiger partial charge in [-0.15, -0.1) is 0 Å². The molecule has 20 heavy (non-hydrogen) atoms. The third-order valence-corrected chi connectivity index (χ3v) is 2.94. The van der Waals surface area contributed by atoms with E-state index in [1.54, 1.807) is 16.8 Å². The van der Waals surface area contributed by atoms with Gasteiger partial charge in [-0.25, -0.2) is 9.67 Å². The molecule has 0 bridgehead atoms. The molecule has 0 fully saturated rings. The largest absolute Gasteiger partial charge is 0.492 e. The number of nitrogens with zero attached hydrogens (tertiary/aromatic N) is 3. The molecule has 7 heteroatoms. The molecule has 2 rings (SSSR count). The highest BCUT2D eigenvalue weighted by Gasteiger charge is 2.18.